The van der Waals surface area contributed by atoms with Crippen LogP contribution in [0.2, 0.25) is 0 Å². The summed E-state index contributed by atoms with van der Waals surface area (Å²) < 4.78 is 0. The van der Waals surface area contributed by atoms with Crippen LogP contribution in [0.4, 0.5) is 5.69 Å². The van der Waals surface area contributed by atoms with Crippen molar-refractivity contribution in [1.82, 2.24) is 5.32 Å². The number of nitrogens with two attached hydrogens (primary N) is 1. The van der Waals surface area contributed by atoms with Crippen LogP contribution in [0.25, 0.3) is 0 Å². The van der Waals surface area contributed by atoms with Crippen LogP contribution in [0.3, 0.4) is 0 Å². The van der Waals surface area contributed by atoms with E-state index in [4.69, 9.17) is 5.73 Å². The molecule has 3 rings (SSSR count). The number of benzene rings is 2. The lowest BCUT2D eigenvalue weighted by Crippen LogP contribution is -2.48. The lowest BCUT2D eigenvalue weighted by molar-refractivity contribution is 0.324. The number of nitrogen functional groups attached to an aromatic ring is 1. The summed E-state index contributed by atoms with van der Waals surface area (Å²) in [6.07, 6.45) is 0. The van der Waals surface area contributed by atoms with E-state index in [1.807, 2.05) is 6.07 Å². The maximum Gasteiger partial charge on any atom is 0.0317 e. The van der Waals surface area contributed by atoms with Crippen molar-refractivity contribution in [2.75, 3.05) is 5.73 Å². The van der Waals surface area contributed by atoms with Gasteiger partial charge in [-0.3, -0.25) is 0 Å². The predicted molar refractivity (Wildman–Crippen MR) is 80.1 cm³/mol. The average molecular weight is 252 g/mol. The lowest BCUT2D eigenvalue weighted by atomic mass is 9.73. The topological polar surface area (TPSA) is 38.0 Å². The summed E-state index contributed by atoms with van der Waals surface area (Å²) in [6.45, 7) is 5.42. The maximum atomic E-state index is 5.91. The molecule has 0 saturated heterocycles. The van der Waals surface area contributed by atoms with Crippen molar-refractivity contribution in [1.29, 1.82) is 0 Å². The van der Waals surface area contributed by atoms with Gasteiger partial charge in [0.15, 0.2) is 0 Å². The molecule has 1 heterocycles. The van der Waals surface area contributed by atoms with E-state index in [0.717, 1.165) is 12.2 Å². The molecule has 2 heteroatoms. The molecule has 19 heavy (non-hydrogen) atoms. The third kappa shape index (κ3) is 2.13. The van der Waals surface area contributed by atoms with Gasteiger partial charge in [0.1, 0.15) is 0 Å². The Kier molecular flexibility index (Phi) is 2.83. The highest BCUT2D eigenvalue weighted by Gasteiger charge is 2.36. The van der Waals surface area contributed by atoms with Crippen LogP contribution in [0, 0.1) is 0 Å². The van der Waals surface area contributed by atoms with E-state index < -0.39 is 0 Å². The standard InChI is InChI=1S/C17H20N2/c1-17(2)16(12-6-4-3-5-7-12)15-9-8-14(18)10-13(15)11-19-17/h3-10,16,19H,11,18H2,1-2H3/t16-/m1/s1. The first-order valence-electron chi connectivity index (χ1n) is 6.76. The second-order valence-corrected chi connectivity index (χ2v) is 5.88. The van der Waals surface area contributed by atoms with Gasteiger partial charge in [-0.15, -0.1) is 0 Å². The van der Waals surface area contributed by atoms with Crippen molar-refractivity contribution < 1.29 is 0 Å². The summed E-state index contributed by atoms with van der Waals surface area (Å²) in [4.78, 5) is 0. The third-order valence-corrected chi connectivity index (χ3v) is 4.07. The molecular weight excluding hydrogens is 232 g/mol. The van der Waals surface area contributed by atoms with Gasteiger partial charge in [0.25, 0.3) is 0 Å². The lowest BCUT2D eigenvalue weighted by Gasteiger charge is -2.41. The molecule has 0 aliphatic carbocycles. The molecule has 0 unspecified atom stereocenters. The van der Waals surface area contributed by atoms with Gasteiger partial charge in [-0.2, -0.15) is 0 Å². The summed E-state index contributed by atoms with van der Waals surface area (Å²) in [7, 11) is 0. The number of fused-ring (bicyclic) bond motifs is 1. The summed E-state index contributed by atoms with van der Waals surface area (Å²) in [5.74, 6) is 0.359. The number of anilines is 1. The molecule has 2 nitrogen and oxygen atoms in total. The Morgan fingerprint density at radius 1 is 1.11 bits per heavy atom. The van der Waals surface area contributed by atoms with Crippen molar-refractivity contribution in [2.24, 2.45) is 0 Å². The molecule has 2 aromatic rings. The van der Waals surface area contributed by atoms with Crippen LogP contribution in [0.1, 0.15) is 36.5 Å². The predicted octanol–water partition coefficient (Wildman–Crippen LogP) is 3.28. The first kappa shape index (κ1) is 12.2. The Bertz CT molecular complexity index is 587. The Labute approximate surface area is 114 Å². The molecule has 0 fully saturated rings. The second-order valence-electron chi connectivity index (χ2n) is 5.88. The van der Waals surface area contributed by atoms with Gasteiger partial charge in [-0.05, 0) is 42.7 Å². The van der Waals surface area contributed by atoms with Crippen molar-refractivity contribution in [2.45, 2.75) is 31.8 Å². The zero-order chi connectivity index (χ0) is 13.5. The first-order chi connectivity index (χ1) is 9.08. The zero-order valence-corrected chi connectivity index (χ0v) is 11.5. The van der Waals surface area contributed by atoms with E-state index in [9.17, 15) is 0 Å². The molecule has 3 N–H and O–H groups in total. The van der Waals surface area contributed by atoms with Crippen LogP contribution < -0.4 is 11.1 Å². The van der Waals surface area contributed by atoms with Gasteiger partial charge >= 0.3 is 0 Å². The highest BCUT2D eigenvalue weighted by molar-refractivity contribution is 5.50. The molecule has 0 bridgehead atoms. The van der Waals surface area contributed by atoms with E-state index in [-0.39, 0.29) is 5.54 Å². The van der Waals surface area contributed by atoms with Crippen LogP contribution in [0.5, 0.6) is 0 Å². The molecule has 1 atom stereocenters. The smallest absolute Gasteiger partial charge is 0.0317 e. The molecule has 98 valence electrons. The maximum absolute atomic E-state index is 5.91. The minimum atomic E-state index is 0.0461. The Hall–Kier alpha value is -1.80. The molecule has 0 aromatic heterocycles. The highest BCUT2D eigenvalue weighted by atomic mass is 15.0. The molecule has 1 aliphatic rings. The van der Waals surface area contributed by atoms with E-state index in [2.05, 4.69) is 61.6 Å². The third-order valence-electron chi connectivity index (χ3n) is 4.07. The Morgan fingerprint density at radius 3 is 2.58 bits per heavy atom. The van der Waals surface area contributed by atoms with Gasteiger partial charge < -0.3 is 11.1 Å². The normalized spacial score (nSPS) is 20.8. The fourth-order valence-electron chi connectivity index (χ4n) is 3.12. The minimum Gasteiger partial charge on any atom is -0.399 e. The van der Waals surface area contributed by atoms with Gasteiger partial charge in [0, 0.05) is 23.7 Å². The van der Waals surface area contributed by atoms with Crippen molar-refractivity contribution in [3.05, 3.63) is 65.2 Å². The highest BCUT2D eigenvalue weighted by Crippen LogP contribution is 2.40. The molecule has 0 amide bonds. The quantitative estimate of drug-likeness (QED) is 0.764. The molecule has 0 spiro atoms. The molecule has 0 radical (unpaired) electrons. The average Bonchev–Trinajstić information content (AvgIpc) is 2.39. The van der Waals surface area contributed by atoms with Gasteiger partial charge in [0.05, 0.1) is 0 Å². The molecule has 0 saturated carbocycles. The molecule has 2 aromatic carbocycles. The van der Waals surface area contributed by atoms with Crippen LogP contribution >= 0.6 is 0 Å². The fourth-order valence-corrected chi connectivity index (χ4v) is 3.12. The number of nitrogens with one attached hydrogen (secondary N) is 1. The van der Waals surface area contributed by atoms with E-state index in [1.165, 1.54) is 16.7 Å². The Morgan fingerprint density at radius 2 is 1.84 bits per heavy atom. The van der Waals surface area contributed by atoms with Gasteiger partial charge in [0.2, 0.25) is 0 Å². The van der Waals surface area contributed by atoms with Crippen molar-refractivity contribution in [3.63, 3.8) is 0 Å². The van der Waals surface area contributed by atoms with E-state index >= 15 is 0 Å². The minimum absolute atomic E-state index is 0.0461. The number of hydrogen-bond donors (Lipinski definition) is 2. The monoisotopic (exact) mass is 252 g/mol. The first-order valence-corrected chi connectivity index (χ1v) is 6.76. The van der Waals surface area contributed by atoms with Crippen LogP contribution in [0.15, 0.2) is 48.5 Å². The van der Waals surface area contributed by atoms with Crippen LogP contribution in [-0.4, -0.2) is 5.54 Å². The van der Waals surface area contributed by atoms with Gasteiger partial charge in [-0.1, -0.05) is 36.4 Å². The van der Waals surface area contributed by atoms with Crippen LogP contribution in [-0.2, 0) is 6.54 Å². The largest absolute Gasteiger partial charge is 0.399 e. The summed E-state index contributed by atoms with van der Waals surface area (Å²) in [5.41, 5.74) is 10.9. The summed E-state index contributed by atoms with van der Waals surface area (Å²) >= 11 is 0. The van der Waals surface area contributed by atoms with Crippen molar-refractivity contribution >= 4 is 5.69 Å². The SMILES string of the molecule is CC1(C)NCc2cc(N)ccc2[C@H]1c1ccccc1. The summed E-state index contributed by atoms with van der Waals surface area (Å²) in [6, 6.07) is 17.0. The van der Waals surface area contributed by atoms with Gasteiger partial charge in [-0.25, -0.2) is 0 Å². The summed E-state index contributed by atoms with van der Waals surface area (Å²) in [5, 5.41) is 3.63. The molecular formula is C17H20N2. The van der Waals surface area contributed by atoms with Crippen molar-refractivity contribution in [3.8, 4) is 0 Å². The van der Waals surface area contributed by atoms with E-state index in [1.54, 1.807) is 0 Å². The molecule has 1 aliphatic heterocycles. The Balaban J connectivity index is 2.16. The van der Waals surface area contributed by atoms with E-state index in [0.29, 0.717) is 5.92 Å². The fraction of sp³-hybridized carbons (Fsp3) is 0.294. The number of rotatable bonds is 1. The zero-order valence-electron chi connectivity index (χ0n) is 11.5. The second kappa shape index (κ2) is 4.39. The number of hydrogen-bond acceptors (Lipinski definition) is 2.